The van der Waals surface area contributed by atoms with Crippen LogP contribution in [0.4, 0.5) is 5.69 Å². The number of anilines is 1. The number of benzene rings is 1. The lowest BCUT2D eigenvalue weighted by molar-refractivity contribution is -0.115. The molecule has 1 aliphatic rings. The van der Waals surface area contributed by atoms with E-state index < -0.39 is 0 Å². The zero-order chi connectivity index (χ0) is 17.7. The van der Waals surface area contributed by atoms with Gasteiger partial charge in [-0.15, -0.1) is 12.4 Å². The summed E-state index contributed by atoms with van der Waals surface area (Å²) in [6, 6.07) is 7.67. The van der Waals surface area contributed by atoms with Crippen molar-refractivity contribution in [2.45, 2.75) is 51.9 Å². The number of halogens is 1. The quantitative estimate of drug-likeness (QED) is 0.802. The van der Waals surface area contributed by atoms with Gasteiger partial charge in [-0.25, -0.2) is 0 Å². The standard InChI is InChI=1S/C19H26N4O2.ClH/c1-14-5-7-15(8-6-14)21-17(24)11-16-22-18(25-23-16)12-19(13-20)9-3-2-4-10-19;/h5-8H,2-4,9-13,20H2,1H3,(H,21,24);1H. The Kier molecular flexibility index (Phi) is 7.17. The molecule has 6 nitrogen and oxygen atoms in total. The lowest BCUT2D eigenvalue weighted by Crippen LogP contribution is -2.35. The monoisotopic (exact) mass is 378 g/mol. The van der Waals surface area contributed by atoms with Gasteiger partial charge >= 0.3 is 0 Å². The van der Waals surface area contributed by atoms with Crippen LogP contribution in [0, 0.1) is 12.3 Å². The highest BCUT2D eigenvalue weighted by Gasteiger charge is 2.33. The van der Waals surface area contributed by atoms with Gasteiger partial charge in [0.05, 0.1) is 6.42 Å². The third kappa shape index (κ3) is 5.29. The largest absolute Gasteiger partial charge is 0.339 e. The third-order valence-corrected chi connectivity index (χ3v) is 5.04. The molecule has 7 heteroatoms. The van der Waals surface area contributed by atoms with E-state index in [-0.39, 0.29) is 30.2 Å². The highest BCUT2D eigenvalue weighted by atomic mass is 35.5. The summed E-state index contributed by atoms with van der Waals surface area (Å²) in [5.74, 6) is 0.857. The van der Waals surface area contributed by atoms with Crippen LogP contribution in [0.15, 0.2) is 28.8 Å². The number of nitrogens with one attached hydrogen (secondary N) is 1. The van der Waals surface area contributed by atoms with Crippen LogP contribution >= 0.6 is 12.4 Å². The van der Waals surface area contributed by atoms with Crippen molar-refractivity contribution in [2.75, 3.05) is 11.9 Å². The van der Waals surface area contributed by atoms with E-state index in [9.17, 15) is 4.79 Å². The average molecular weight is 379 g/mol. The van der Waals surface area contributed by atoms with Crippen LogP contribution in [-0.4, -0.2) is 22.6 Å². The molecule has 1 saturated carbocycles. The summed E-state index contributed by atoms with van der Waals surface area (Å²) < 4.78 is 5.36. The molecule has 26 heavy (non-hydrogen) atoms. The number of rotatable bonds is 6. The number of hydrogen-bond acceptors (Lipinski definition) is 5. The Morgan fingerprint density at radius 2 is 1.92 bits per heavy atom. The SMILES string of the molecule is Cc1ccc(NC(=O)Cc2noc(CC3(CN)CCCCC3)n2)cc1.Cl. The first-order chi connectivity index (χ1) is 12.1. The van der Waals surface area contributed by atoms with E-state index in [1.807, 2.05) is 31.2 Å². The van der Waals surface area contributed by atoms with Crippen molar-refractivity contribution < 1.29 is 9.32 Å². The lowest BCUT2D eigenvalue weighted by Gasteiger charge is -2.34. The normalized spacial score (nSPS) is 15.9. The molecule has 0 spiro atoms. The van der Waals surface area contributed by atoms with Crippen molar-refractivity contribution in [3.8, 4) is 0 Å². The average Bonchev–Trinajstić information content (AvgIpc) is 3.04. The van der Waals surface area contributed by atoms with E-state index in [1.165, 1.54) is 19.3 Å². The molecule has 0 saturated heterocycles. The van der Waals surface area contributed by atoms with Crippen molar-refractivity contribution >= 4 is 24.0 Å². The Hall–Kier alpha value is -1.92. The zero-order valence-corrected chi connectivity index (χ0v) is 16.0. The fraction of sp³-hybridized carbons (Fsp3) is 0.526. The highest BCUT2D eigenvalue weighted by molar-refractivity contribution is 5.91. The summed E-state index contributed by atoms with van der Waals surface area (Å²) >= 11 is 0. The van der Waals surface area contributed by atoms with Crippen LogP contribution in [0.3, 0.4) is 0 Å². The van der Waals surface area contributed by atoms with Gasteiger partial charge in [-0.2, -0.15) is 4.98 Å². The predicted octanol–water partition coefficient (Wildman–Crippen LogP) is 3.43. The number of carbonyl (C=O) groups is 1. The Labute approximate surface area is 160 Å². The van der Waals surface area contributed by atoms with Gasteiger partial charge in [0.2, 0.25) is 11.8 Å². The summed E-state index contributed by atoms with van der Waals surface area (Å²) in [5.41, 5.74) is 8.01. The molecule has 0 radical (unpaired) electrons. The van der Waals surface area contributed by atoms with Crippen molar-refractivity contribution in [1.82, 2.24) is 10.1 Å². The molecule has 0 unspecified atom stereocenters. The fourth-order valence-electron chi connectivity index (χ4n) is 3.50. The van der Waals surface area contributed by atoms with E-state index in [2.05, 4.69) is 15.5 Å². The summed E-state index contributed by atoms with van der Waals surface area (Å²) in [5, 5.41) is 6.80. The van der Waals surface area contributed by atoms with Crippen molar-refractivity contribution in [1.29, 1.82) is 0 Å². The third-order valence-electron chi connectivity index (χ3n) is 5.04. The molecule has 3 N–H and O–H groups in total. The van der Waals surface area contributed by atoms with E-state index in [4.69, 9.17) is 10.3 Å². The number of aromatic nitrogens is 2. The van der Waals surface area contributed by atoms with Gasteiger partial charge in [0.25, 0.3) is 0 Å². The molecule has 3 rings (SSSR count). The molecule has 0 bridgehead atoms. The van der Waals surface area contributed by atoms with Crippen LogP contribution in [-0.2, 0) is 17.6 Å². The number of carbonyl (C=O) groups excluding carboxylic acids is 1. The number of amides is 1. The summed E-state index contributed by atoms with van der Waals surface area (Å²) in [4.78, 5) is 16.5. The summed E-state index contributed by atoms with van der Waals surface area (Å²) in [6.45, 7) is 2.64. The van der Waals surface area contributed by atoms with E-state index in [0.717, 1.165) is 24.1 Å². The molecule has 2 aromatic rings. The number of aryl methyl sites for hydroxylation is 1. The predicted molar refractivity (Wildman–Crippen MR) is 103 cm³/mol. The minimum absolute atomic E-state index is 0. The Morgan fingerprint density at radius 1 is 1.23 bits per heavy atom. The fourth-order valence-corrected chi connectivity index (χ4v) is 3.50. The Morgan fingerprint density at radius 3 is 2.58 bits per heavy atom. The van der Waals surface area contributed by atoms with Crippen LogP contribution in [0.2, 0.25) is 0 Å². The first kappa shape index (κ1) is 20.4. The van der Waals surface area contributed by atoms with Crippen LogP contribution in [0.1, 0.15) is 49.4 Å². The van der Waals surface area contributed by atoms with Gasteiger partial charge in [0.1, 0.15) is 0 Å². The molecular formula is C19H27ClN4O2. The van der Waals surface area contributed by atoms with Crippen LogP contribution in [0.5, 0.6) is 0 Å². The maximum absolute atomic E-state index is 12.1. The second-order valence-electron chi connectivity index (χ2n) is 7.14. The Bertz CT molecular complexity index is 709. The van der Waals surface area contributed by atoms with Gasteiger partial charge in [-0.05, 0) is 43.9 Å². The van der Waals surface area contributed by atoms with Crippen molar-refractivity contribution in [3.63, 3.8) is 0 Å². The number of nitrogens with zero attached hydrogens (tertiary/aromatic N) is 2. The van der Waals surface area contributed by atoms with Gasteiger partial charge in [-0.1, -0.05) is 42.1 Å². The number of nitrogens with two attached hydrogens (primary N) is 1. The molecular weight excluding hydrogens is 352 g/mol. The Balaban J connectivity index is 0.00000243. The van der Waals surface area contributed by atoms with Crippen LogP contribution in [0.25, 0.3) is 0 Å². The maximum Gasteiger partial charge on any atom is 0.232 e. The molecule has 1 amide bonds. The van der Waals surface area contributed by atoms with E-state index in [0.29, 0.717) is 24.7 Å². The van der Waals surface area contributed by atoms with Crippen molar-refractivity contribution in [3.05, 3.63) is 41.5 Å². The van der Waals surface area contributed by atoms with Gasteiger partial charge in [-0.3, -0.25) is 4.79 Å². The smallest absolute Gasteiger partial charge is 0.232 e. The summed E-state index contributed by atoms with van der Waals surface area (Å²) in [6.07, 6.45) is 6.71. The molecule has 1 fully saturated rings. The molecule has 1 heterocycles. The molecule has 1 aromatic heterocycles. The van der Waals surface area contributed by atoms with E-state index >= 15 is 0 Å². The van der Waals surface area contributed by atoms with Gasteiger partial charge < -0.3 is 15.6 Å². The minimum Gasteiger partial charge on any atom is -0.339 e. The van der Waals surface area contributed by atoms with Crippen LogP contribution < -0.4 is 11.1 Å². The minimum atomic E-state index is -0.151. The molecule has 0 aliphatic heterocycles. The topological polar surface area (TPSA) is 94.0 Å². The lowest BCUT2D eigenvalue weighted by atomic mass is 9.72. The van der Waals surface area contributed by atoms with Gasteiger partial charge in [0, 0.05) is 12.1 Å². The van der Waals surface area contributed by atoms with Gasteiger partial charge in [0.15, 0.2) is 5.82 Å². The first-order valence-corrected chi connectivity index (χ1v) is 8.97. The molecule has 1 aromatic carbocycles. The van der Waals surface area contributed by atoms with E-state index in [1.54, 1.807) is 0 Å². The summed E-state index contributed by atoms with van der Waals surface area (Å²) in [7, 11) is 0. The zero-order valence-electron chi connectivity index (χ0n) is 15.2. The molecule has 142 valence electrons. The number of hydrogen-bond donors (Lipinski definition) is 2. The maximum atomic E-state index is 12.1. The molecule has 0 atom stereocenters. The second-order valence-corrected chi connectivity index (χ2v) is 7.14. The second kappa shape index (κ2) is 9.14. The highest BCUT2D eigenvalue weighted by Crippen LogP contribution is 2.37. The molecule has 1 aliphatic carbocycles. The van der Waals surface area contributed by atoms with Crippen molar-refractivity contribution in [2.24, 2.45) is 11.1 Å². The first-order valence-electron chi connectivity index (χ1n) is 8.97.